The molecule has 2 aliphatic heterocycles. The van der Waals surface area contributed by atoms with Gasteiger partial charge in [-0.05, 0) is 61.1 Å². The van der Waals surface area contributed by atoms with Gasteiger partial charge in [0.15, 0.2) is 0 Å². The summed E-state index contributed by atoms with van der Waals surface area (Å²) < 4.78 is 21.0. The molecule has 5 nitrogen and oxygen atoms in total. The molecule has 3 heterocycles. The Morgan fingerprint density at radius 2 is 1.90 bits per heavy atom. The van der Waals surface area contributed by atoms with Crippen LogP contribution in [-0.4, -0.2) is 40.7 Å². The van der Waals surface area contributed by atoms with E-state index in [2.05, 4.69) is 9.88 Å². The Kier molecular flexibility index (Phi) is 5.39. The average Bonchev–Trinajstić information content (AvgIpc) is 3.32. The molecule has 0 aliphatic carbocycles. The van der Waals surface area contributed by atoms with Gasteiger partial charge in [-0.1, -0.05) is 23.7 Å². The number of aromatic amines is 1. The van der Waals surface area contributed by atoms with Crippen molar-refractivity contribution < 1.29 is 9.13 Å². The number of nitrogens with one attached hydrogen (secondary N) is 1. The summed E-state index contributed by atoms with van der Waals surface area (Å²) in [7, 11) is 0. The monoisotopic (exact) mass is 429 g/mol. The first kappa shape index (κ1) is 19.8. The Hall–Kier alpha value is -2.15. The van der Waals surface area contributed by atoms with Crippen molar-refractivity contribution in [3.05, 3.63) is 69.4 Å². The van der Waals surface area contributed by atoms with Crippen LogP contribution in [0.3, 0.4) is 0 Å². The molecule has 2 atom stereocenters. The number of imidazole rings is 1. The first-order valence-corrected chi connectivity index (χ1v) is 10.9. The Morgan fingerprint density at radius 3 is 2.67 bits per heavy atom. The van der Waals surface area contributed by atoms with Gasteiger partial charge in [-0.2, -0.15) is 0 Å². The van der Waals surface area contributed by atoms with Crippen molar-refractivity contribution in [3.63, 3.8) is 0 Å². The highest BCUT2D eigenvalue weighted by Gasteiger charge is 2.30. The number of hydrogen-bond acceptors (Lipinski definition) is 3. The quantitative estimate of drug-likeness (QED) is 0.662. The third-order valence-corrected chi connectivity index (χ3v) is 6.67. The summed E-state index contributed by atoms with van der Waals surface area (Å²) in [5.41, 5.74) is 2.72. The van der Waals surface area contributed by atoms with Gasteiger partial charge in [0.25, 0.3) is 0 Å². The molecule has 0 amide bonds. The lowest BCUT2D eigenvalue weighted by Crippen LogP contribution is -2.39. The Morgan fingerprint density at radius 1 is 1.13 bits per heavy atom. The Bertz CT molecular complexity index is 1090. The summed E-state index contributed by atoms with van der Waals surface area (Å²) >= 11 is 6.06. The molecule has 3 aromatic rings. The number of piperidine rings is 1. The van der Waals surface area contributed by atoms with Gasteiger partial charge in [0.05, 0.1) is 23.7 Å². The molecule has 30 heavy (non-hydrogen) atoms. The zero-order valence-corrected chi connectivity index (χ0v) is 17.4. The van der Waals surface area contributed by atoms with Crippen LogP contribution < -0.4 is 5.69 Å². The van der Waals surface area contributed by atoms with E-state index in [1.807, 2.05) is 34.9 Å². The predicted octanol–water partition coefficient (Wildman–Crippen LogP) is 4.54. The summed E-state index contributed by atoms with van der Waals surface area (Å²) in [4.78, 5) is 17.9. The summed E-state index contributed by atoms with van der Waals surface area (Å²) in [6, 6.07) is 12.4. The number of nitrogens with zero attached hydrogens (tertiary/aromatic N) is 2. The molecular formula is C23H25ClFN3O2. The van der Waals surface area contributed by atoms with Crippen LogP contribution in [0.5, 0.6) is 0 Å². The van der Waals surface area contributed by atoms with Crippen LogP contribution in [0.2, 0.25) is 5.02 Å². The van der Waals surface area contributed by atoms with Crippen LogP contribution in [0.15, 0.2) is 47.3 Å². The fraction of sp³-hybridized carbons (Fsp3) is 0.435. The average molecular weight is 430 g/mol. The number of fused-ring (bicyclic) bond motifs is 1. The second-order valence-electron chi connectivity index (χ2n) is 8.47. The van der Waals surface area contributed by atoms with Gasteiger partial charge >= 0.3 is 5.69 Å². The fourth-order valence-electron chi connectivity index (χ4n) is 4.92. The third-order valence-electron chi connectivity index (χ3n) is 6.44. The molecule has 2 aromatic carbocycles. The summed E-state index contributed by atoms with van der Waals surface area (Å²) in [6.07, 6.45) is 2.92. The molecule has 7 heteroatoms. The normalized spacial score (nSPS) is 23.4. The van der Waals surface area contributed by atoms with Gasteiger partial charge in [-0.25, -0.2) is 9.18 Å². The number of aromatic nitrogens is 2. The topological polar surface area (TPSA) is 50.3 Å². The maximum absolute atomic E-state index is 13.1. The molecule has 158 valence electrons. The Balaban J connectivity index is 1.19. The van der Waals surface area contributed by atoms with E-state index in [0.29, 0.717) is 10.9 Å². The lowest BCUT2D eigenvalue weighted by Gasteiger charge is -2.33. The van der Waals surface area contributed by atoms with E-state index in [-0.39, 0.29) is 23.7 Å². The largest absolute Gasteiger partial charge is 0.373 e. The van der Waals surface area contributed by atoms with E-state index < -0.39 is 0 Å². The van der Waals surface area contributed by atoms with Crippen molar-refractivity contribution >= 4 is 22.6 Å². The number of likely N-dealkylation sites (tertiary alicyclic amines) is 1. The van der Waals surface area contributed by atoms with Crippen LogP contribution in [0, 0.1) is 11.7 Å². The molecule has 0 spiro atoms. The molecule has 0 saturated carbocycles. The molecule has 1 aromatic heterocycles. The maximum Gasteiger partial charge on any atom is 0.326 e. The molecule has 2 saturated heterocycles. The number of rotatable bonds is 4. The molecule has 0 bridgehead atoms. The minimum absolute atomic E-state index is 0.0583. The minimum Gasteiger partial charge on any atom is -0.373 e. The number of halogens is 2. The van der Waals surface area contributed by atoms with E-state index in [1.54, 1.807) is 0 Å². The minimum atomic E-state index is -0.214. The standard InChI is InChI=1S/C23H25ClFN3O2/c24-17-3-6-21-20(12-17)26-23(29)28(21)19-7-9-27(10-8-19)13-15-11-22(30-14-15)16-1-4-18(25)5-2-16/h1-6,12,15,19,22H,7-11,13-14H2,(H,26,29)/t15-,22-/m1/s1. The molecule has 1 N–H and O–H groups in total. The molecule has 0 unspecified atom stereocenters. The van der Waals surface area contributed by atoms with E-state index in [1.165, 1.54) is 12.1 Å². The van der Waals surface area contributed by atoms with Gasteiger partial charge in [0.1, 0.15) is 5.82 Å². The van der Waals surface area contributed by atoms with Crippen molar-refractivity contribution in [2.24, 2.45) is 5.92 Å². The molecule has 0 radical (unpaired) electrons. The van der Waals surface area contributed by atoms with Gasteiger partial charge in [-0.15, -0.1) is 0 Å². The first-order valence-electron chi connectivity index (χ1n) is 10.6. The molecular weight excluding hydrogens is 405 g/mol. The lowest BCUT2D eigenvalue weighted by atomic mass is 9.98. The van der Waals surface area contributed by atoms with E-state index in [9.17, 15) is 9.18 Å². The number of H-pyrrole nitrogens is 1. The first-order chi connectivity index (χ1) is 14.6. The number of hydrogen-bond donors (Lipinski definition) is 1. The van der Waals surface area contributed by atoms with Crippen molar-refractivity contribution in [2.45, 2.75) is 31.4 Å². The summed E-state index contributed by atoms with van der Waals surface area (Å²) in [5.74, 6) is 0.267. The van der Waals surface area contributed by atoms with Gasteiger partial charge in [0, 0.05) is 30.7 Å². The number of ether oxygens (including phenoxy) is 1. The zero-order chi connectivity index (χ0) is 20.7. The fourth-order valence-corrected chi connectivity index (χ4v) is 5.09. The predicted molar refractivity (Wildman–Crippen MR) is 115 cm³/mol. The summed E-state index contributed by atoms with van der Waals surface area (Å²) in [5, 5.41) is 0.628. The second kappa shape index (κ2) is 8.17. The highest BCUT2D eigenvalue weighted by Crippen LogP contribution is 2.34. The van der Waals surface area contributed by atoms with E-state index in [4.69, 9.17) is 16.3 Å². The highest BCUT2D eigenvalue weighted by atomic mass is 35.5. The zero-order valence-electron chi connectivity index (χ0n) is 16.7. The van der Waals surface area contributed by atoms with Crippen LogP contribution in [-0.2, 0) is 4.74 Å². The highest BCUT2D eigenvalue weighted by molar-refractivity contribution is 6.31. The Labute approximate surface area is 179 Å². The summed E-state index contributed by atoms with van der Waals surface area (Å²) in [6.45, 7) is 3.68. The SMILES string of the molecule is O=c1[nH]c2cc(Cl)ccc2n1C1CCN(C[C@@H]2CO[C@@H](c3ccc(F)cc3)C2)CC1. The smallest absolute Gasteiger partial charge is 0.326 e. The molecule has 5 rings (SSSR count). The van der Waals surface area contributed by atoms with E-state index >= 15 is 0 Å². The van der Waals surface area contributed by atoms with Crippen LogP contribution >= 0.6 is 11.6 Å². The van der Waals surface area contributed by atoms with Crippen LogP contribution in [0.4, 0.5) is 4.39 Å². The molecule has 2 fully saturated rings. The van der Waals surface area contributed by atoms with Crippen molar-refractivity contribution in [3.8, 4) is 0 Å². The van der Waals surface area contributed by atoms with Crippen LogP contribution in [0.1, 0.15) is 37.0 Å². The van der Waals surface area contributed by atoms with Crippen molar-refractivity contribution in [2.75, 3.05) is 26.2 Å². The van der Waals surface area contributed by atoms with Gasteiger partial charge < -0.3 is 14.6 Å². The maximum atomic E-state index is 13.1. The second-order valence-corrected chi connectivity index (χ2v) is 8.91. The lowest BCUT2D eigenvalue weighted by molar-refractivity contribution is 0.100. The van der Waals surface area contributed by atoms with Gasteiger partial charge in [-0.3, -0.25) is 4.57 Å². The van der Waals surface area contributed by atoms with E-state index in [0.717, 1.165) is 62.1 Å². The third kappa shape index (κ3) is 3.92. The molecule has 2 aliphatic rings. The van der Waals surface area contributed by atoms with Crippen molar-refractivity contribution in [1.29, 1.82) is 0 Å². The van der Waals surface area contributed by atoms with Gasteiger partial charge in [0.2, 0.25) is 0 Å². The number of benzene rings is 2. The van der Waals surface area contributed by atoms with Crippen LogP contribution in [0.25, 0.3) is 11.0 Å². The van der Waals surface area contributed by atoms with Crippen molar-refractivity contribution in [1.82, 2.24) is 14.5 Å².